The van der Waals surface area contributed by atoms with Gasteiger partial charge >= 0.3 is 0 Å². The van der Waals surface area contributed by atoms with Crippen molar-refractivity contribution < 1.29 is 5.11 Å². The van der Waals surface area contributed by atoms with Crippen LogP contribution in [0.3, 0.4) is 0 Å². The summed E-state index contributed by atoms with van der Waals surface area (Å²) < 4.78 is 0. The highest BCUT2D eigenvalue weighted by Crippen LogP contribution is 2.25. The molecule has 1 heterocycles. The molecule has 0 atom stereocenters. The molecule has 0 aliphatic heterocycles. The smallest absolute Gasteiger partial charge is 0.223 e. The molecule has 4 nitrogen and oxygen atoms in total. The van der Waals surface area contributed by atoms with Crippen molar-refractivity contribution in [3.8, 4) is 17.0 Å². The molecule has 0 bridgehead atoms. The predicted molar refractivity (Wildman–Crippen MR) is 116 cm³/mol. The molecule has 0 aliphatic rings. The highest BCUT2D eigenvalue weighted by molar-refractivity contribution is 6.32. The maximum atomic E-state index is 9.50. The van der Waals surface area contributed by atoms with Gasteiger partial charge in [-0.05, 0) is 53.6 Å². The summed E-state index contributed by atoms with van der Waals surface area (Å²) in [5, 5.41) is 13.1. The molecule has 3 aromatic rings. The summed E-state index contributed by atoms with van der Waals surface area (Å²) in [6.45, 7) is 7.41. The van der Waals surface area contributed by atoms with E-state index < -0.39 is 0 Å². The number of phenolic OH excluding ortho intramolecular Hbond substituents is 1. The monoisotopic (exact) mass is 395 g/mol. The number of benzene rings is 2. The lowest BCUT2D eigenvalue weighted by Crippen LogP contribution is -2.09. The van der Waals surface area contributed by atoms with Gasteiger partial charge in [0, 0.05) is 18.3 Å². The Bertz CT molecular complexity index is 951. The Morgan fingerprint density at radius 3 is 2.61 bits per heavy atom. The second-order valence-electron chi connectivity index (χ2n) is 8.17. The zero-order valence-corrected chi connectivity index (χ0v) is 17.3. The summed E-state index contributed by atoms with van der Waals surface area (Å²) >= 11 is 5.96. The number of hydrogen-bond acceptors (Lipinski definition) is 4. The van der Waals surface area contributed by atoms with E-state index in [0.717, 1.165) is 29.7 Å². The van der Waals surface area contributed by atoms with Crippen LogP contribution in [-0.2, 0) is 12.8 Å². The molecule has 1 aromatic heterocycles. The van der Waals surface area contributed by atoms with Crippen LogP contribution in [0.1, 0.15) is 31.9 Å². The van der Waals surface area contributed by atoms with Crippen LogP contribution in [0.15, 0.2) is 54.7 Å². The van der Waals surface area contributed by atoms with Crippen molar-refractivity contribution in [3.05, 3.63) is 70.9 Å². The number of nitrogens with one attached hydrogen (secondary N) is 1. The van der Waals surface area contributed by atoms with Crippen molar-refractivity contribution in [1.29, 1.82) is 0 Å². The molecular weight excluding hydrogens is 370 g/mol. The van der Waals surface area contributed by atoms with E-state index >= 15 is 0 Å². The van der Waals surface area contributed by atoms with Crippen LogP contribution in [0.5, 0.6) is 5.75 Å². The minimum absolute atomic E-state index is 0.100. The summed E-state index contributed by atoms with van der Waals surface area (Å²) in [6, 6.07) is 15.7. The second kappa shape index (κ2) is 8.61. The second-order valence-corrected chi connectivity index (χ2v) is 8.57. The molecule has 2 N–H and O–H groups in total. The first kappa shape index (κ1) is 20.2. The van der Waals surface area contributed by atoms with Crippen LogP contribution in [0.4, 0.5) is 5.95 Å². The van der Waals surface area contributed by atoms with E-state index in [-0.39, 0.29) is 11.2 Å². The highest BCUT2D eigenvalue weighted by atomic mass is 35.5. The number of halogens is 1. The number of hydrogen-bond donors (Lipinski definition) is 2. The van der Waals surface area contributed by atoms with Gasteiger partial charge in [-0.25, -0.2) is 9.97 Å². The van der Waals surface area contributed by atoms with Crippen LogP contribution < -0.4 is 5.32 Å². The molecule has 0 saturated heterocycles. The van der Waals surface area contributed by atoms with E-state index in [9.17, 15) is 5.11 Å². The maximum absolute atomic E-state index is 9.50. The van der Waals surface area contributed by atoms with Gasteiger partial charge in [-0.1, -0.05) is 56.6 Å². The van der Waals surface area contributed by atoms with Crippen molar-refractivity contribution in [2.24, 2.45) is 5.41 Å². The fourth-order valence-corrected chi connectivity index (χ4v) is 3.29. The molecule has 0 unspecified atom stereocenters. The first-order valence-electron chi connectivity index (χ1n) is 9.44. The van der Waals surface area contributed by atoms with E-state index in [0.29, 0.717) is 17.5 Å². The van der Waals surface area contributed by atoms with Crippen molar-refractivity contribution in [1.82, 2.24) is 9.97 Å². The van der Waals surface area contributed by atoms with Gasteiger partial charge in [-0.3, -0.25) is 0 Å². The van der Waals surface area contributed by atoms with Gasteiger partial charge in [0.05, 0.1) is 10.7 Å². The van der Waals surface area contributed by atoms with Gasteiger partial charge < -0.3 is 10.4 Å². The minimum Gasteiger partial charge on any atom is -0.506 e. The van der Waals surface area contributed by atoms with Crippen molar-refractivity contribution in [2.45, 2.75) is 33.6 Å². The van der Waals surface area contributed by atoms with Crippen LogP contribution in [-0.4, -0.2) is 21.6 Å². The van der Waals surface area contributed by atoms with Gasteiger partial charge in [-0.2, -0.15) is 0 Å². The molecule has 3 rings (SSSR count). The SMILES string of the molecule is CC(C)(C)Cc1cccc(-c2ccnc(NCCc3ccc(O)c(Cl)c3)n2)c1. The summed E-state index contributed by atoms with van der Waals surface area (Å²) in [5.74, 6) is 0.701. The third kappa shape index (κ3) is 5.70. The molecule has 0 amide bonds. The minimum atomic E-state index is 0.100. The van der Waals surface area contributed by atoms with Gasteiger partial charge in [0.25, 0.3) is 0 Å². The maximum Gasteiger partial charge on any atom is 0.223 e. The number of rotatable bonds is 6. The summed E-state index contributed by atoms with van der Waals surface area (Å²) in [7, 11) is 0. The zero-order valence-electron chi connectivity index (χ0n) is 16.5. The molecule has 0 aliphatic carbocycles. The largest absolute Gasteiger partial charge is 0.506 e. The van der Waals surface area contributed by atoms with E-state index in [1.54, 1.807) is 18.3 Å². The Morgan fingerprint density at radius 1 is 1.04 bits per heavy atom. The van der Waals surface area contributed by atoms with Crippen LogP contribution in [0.2, 0.25) is 5.02 Å². The van der Waals surface area contributed by atoms with Gasteiger partial charge in [-0.15, -0.1) is 0 Å². The number of phenols is 1. The third-order valence-electron chi connectivity index (χ3n) is 4.32. The predicted octanol–water partition coefficient (Wildman–Crippen LogP) is 5.75. The fourth-order valence-electron chi connectivity index (χ4n) is 3.08. The first-order chi connectivity index (χ1) is 13.3. The third-order valence-corrected chi connectivity index (χ3v) is 4.62. The van der Waals surface area contributed by atoms with E-state index in [1.165, 1.54) is 5.56 Å². The Kier molecular flexibility index (Phi) is 6.20. The number of aromatic hydroxyl groups is 1. The van der Waals surface area contributed by atoms with Crippen molar-refractivity contribution in [2.75, 3.05) is 11.9 Å². The Hall–Kier alpha value is -2.59. The standard InChI is InChI=1S/C23H26ClN3O/c1-23(2,3)15-17-5-4-6-18(13-17)20-10-12-26-22(27-20)25-11-9-16-7-8-21(28)19(24)14-16/h4-8,10,12-14,28H,9,11,15H2,1-3H3,(H,25,26,27). The molecule has 2 aromatic carbocycles. The molecule has 0 saturated carbocycles. The van der Waals surface area contributed by atoms with Gasteiger partial charge in [0.15, 0.2) is 0 Å². The molecule has 28 heavy (non-hydrogen) atoms. The average molecular weight is 396 g/mol. The quantitative estimate of drug-likeness (QED) is 0.558. The van der Waals surface area contributed by atoms with Crippen LogP contribution in [0.25, 0.3) is 11.3 Å². The topological polar surface area (TPSA) is 58.0 Å². The normalized spacial score (nSPS) is 11.4. The van der Waals surface area contributed by atoms with Gasteiger partial charge in [0.2, 0.25) is 5.95 Å². The lowest BCUT2D eigenvalue weighted by molar-refractivity contribution is 0.411. The van der Waals surface area contributed by atoms with E-state index in [1.807, 2.05) is 12.1 Å². The van der Waals surface area contributed by atoms with E-state index in [2.05, 4.69) is 60.3 Å². The van der Waals surface area contributed by atoms with Crippen molar-refractivity contribution >= 4 is 17.5 Å². The summed E-state index contributed by atoms with van der Waals surface area (Å²) in [5.41, 5.74) is 4.59. The molecule has 0 fully saturated rings. The number of nitrogens with zero attached hydrogens (tertiary/aromatic N) is 2. The Balaban J connectivity index is 1.67. The lowest BCUT2D eigenvalue weighted by atomic mass is 9.87. The summed E-state index contributed by atoms with van der Waals surface area (Å²) in [6.07, 6.45) is 3.55. The zero-order chi connectivity index (χ0) is 20.1. The Morgan fingerprint density at radius 2 is 1.86 bits per heavy atom. The number of anilines is 1. The molecular formula is C23H26ClN3O. The van der Waals surface area contributed by atoms with Crippen LogP contribution in [0, 0.1) is 5.41 Å². The van der Waals surface area contributed by atoms with E-state index in [4.69, 9.17) is 11.6 Å². The van der Waals surface area contributed by atoms with Crippen molar-refractivity contribution in [3.63, 3.8) is 0 Å². The average Bonchev–Trinajstić information content (AvgIpc) is 2.64. The fraction of sp³-hybridized carbons (Fsp3) is 0.304. The molecule has 0 radical (unpaired) electrons. The molecule has 0 spiro atoms. The number of aromatic nitrogens is 2. The first-order valence-corrected chi connectivity index (χ1v) is 9.82. The van der Waals surface area contributed by atoms with Gasteiger partial charge in [0.1, 0.15) is 5.75 Å². The highest BCUT2D eigenvalue weighted by Gasteiger charge is 2.12. The Labute approximate surface area is 171 Å². The molecule has 5 heteroatoms. The summed E-state index contributed by atoms with van der Waals surface area (Å²) in [4.78, 5) is 8.98. The lowest BCUT2D eigenvalue weighted by Gasteiger charge is -2.18. The van der Waals surface area contributed by atoms with Crippen LogP contribution >= 0.6 is 11.6 Å². The molecule has 146 valence electrons.